The van der Waals surface area contributed by atoms with Crippen LogP contribution >= 0.6 is 11.6 Å². The highest BCUT2D eigenvalue weighted by Crippen LogP contribution is 2.40. The Balaban J connectivity index is 2.57. The normalized spacial score (nSPS) is 12.1. The van der Waals surface area contributed by atoms with Gasteiger partial charge in [-0.3, -0.25) is 4.57 Å². The third-order valence-corrected chi connectivity index (χ3v) is 11.8. The summed E-state index contributed by atoms with van der Waals surface area (Å²) in [5, 5.41) is 1.71. The summed E-state index contributed by atoms with van der Waals surface area (Å²) >= 11 is 6.30. The van der Waals surface area contributed by atoms with Gasteiger partial charge in [-0.2, -0.15) is 0 Å². The molecule has 2 aromatic rings. The molecule has 130 valence electrons. The van der Waals surface area contributed by atoms with Crippen LogP contribution in [0, 0.1) is 11.6 Å². The predicted molar refractivity (Wildman–Crippen MR) is 108 cm³/mol. The van der Waals surface area contributed by atoms with Crippen LogP contribution in [-0.4, -0.2) is 19.8 Å². The van der Waals surface area contributed by atoms with Crippen molar-refractivity contribution >= 4 is 30.6 Å². The van der Waals surface area contributed by atoms with E-state index in [0.29, 0.717) is 27.4 Å². The summed E-state index contributed by atoms with van der Waals surface area (Å²) in [6.45, 7) is 14.0. The number of fused-ring (bicyclic) bond motifs is 1. The standard InChI is InChI=1S/C20H28ClNOSi/c1-14(2)24(15(3)4,16(5)6)11-10-22-9-8-17-12-20(23-7)18(21)13-19(17)22/h8-9,12-16H,1-7H3. The van der Waals surface area contributed by atoms with Crippen molar-refractivity contribution in [3.05, 3.63) is 29.4 Å². The molecule has 0 fully saturated rings. The molecule has 0 aliphatic heterocycles. The van der Waals surface area contributed by atoms with Gasteiger partial charge in [0.2, 0.25) is 0 Å². The van der Waals surface area contributed by atoms with Crippen LogP contribution in [-0.2, 0) is 0 Å². The molecule has 0 bridgehead atoms. The fraction of sp³-hybridized carbons (Fsp3) is 0.500. The Morgan fingerprint density at radius 3 is 2.12 bits per heavy atom. The van der Waals surface area contributed by atoms with Crippen molar-refractivity contribution in [3.8, 4) is 17.3 Å². The Morgan fingerprint density at radius 2 is 1.62 bits per heavy atom. The summed E-state index contributed by atoms with van der Waals surface area (Å²) in [7, 11) is -0.105. The van der Waals surface area contributed by atoms with Gasteiger partial charge in [0, 0.05) is 17.6 Å². The molecule has 0 radical (unpaired) electrons. The van der Waals surface area contributed by atoms with E-state index in [2.05, 4.69) is 59.2 Å². The van der Waals surface area contributed by atoms with E-state index in [4.69, 9.17) is 16.3 Å². The molecule has 2 rings (SSSR count). The maximum Gasteiger partial charge on any atom is 0.148 e. The smallest absolute Gasteiger partial charge is 0.148 e. The van der Waals surface area contributed by atoms with Crippen LogP contribution in [0.1, 0.15) is 41.5 Å². The molecular formula is C20H28ClNOSi. The van der Waals surface area contributed by atoms with E-state index in [0.717, 1.165) is 10.9 Å². The molecule has 0 N–H and O–H groups in total. The van der Waals surface area contributed by atoms with E-state index in [1.54, 1.807) is 7.11 Å². The second-order valence-electron chi connectivity index (χ2n) is 7.37. The first-order valence-corrected chi connectivity index (χ1v) is 11.2. The molecule has 2 nitrogen and oxygen atoms in total. The van der Waals surface area contributed by atoms with Crippen molar-refractivity contribution in [3.63, 3.8) is 0 Å². The molecule has 0 saturated carbocycles. The maximum atomic E-state index is 6.30. The SMILES string of the molecule is COc1cc2ccn(C#C[Si](C(C)C)(C(C)C)C(C)C)c2cc1Cl. The molecule has 0 aliphatic rings. The van der Waals surface area contributed by atoms with Crippen molar-refractivity contribution in [1.29, 1.82) is 0 Å². The fourth-order valence-electron chi connectivity index (χ4n) is 3.98. The fourth-order valence-corrected chi connectivity index (χ4v) is 9.40. The number of hydrogen-bond donors (Lipinski definition) is 0. The van der Waals surface area contributed by atoms with E-state index in [1.807, 2.05) is 22.9 Å². The molecular weight excluding hydrogens is 334 g/mol. The van der Waals surface area contributed by atoms with Gasteiger partial charge in [0.1, 0.15) is 13.8 Å². The van der Waals surface area contributed by atoms with Crippen LogP contribution in [0.15, 0.2) is 24.4 Å². The average molecular weight is 362 g/mol. The molecule has 0 aliphatic carbocycles. The van der Waals surface area contributed by atoms with Crippen LogP contribution in [0.2, 0.25) is 21.6 Å². The highest BCUT2D eigenvalue weighted by Gasteiger charge is 2.41. The molecule has 0 spiro atoms. The summed E-state index contributed by atoms with van der Waals surface area (Å²) in [5.41, 5.74) is 6.65. The quantitative estimate of drug-likeness (QED) is 0.458. The number of halogens is 1. The maximum absolute atomic E-state index is 6.30. The number of hydrogen-bond acceptors (Lipinski definition) is 1. The molecule has 0 amide bonds. The summed E-state index contributed by atoms with van der Waals surface area (Å²) in [4.78, 5) is 0. The van der Waals surface area contributed by atoms with Crippen LogP contribution in [0.5, 0.6) is 5.75 Å². The molecule has 1 aromatic heterocycles. The van der Waals surface area contributed by atoms with Gasteiger partial charge in [-0.25, -0.2) is 0 Å². The minimum atomic E-state index is -1.74. The number of methoxy groups -OCH3 is 1. The summed E-state index contributed by atoms with van der Waals surface area (Å²) in [6, 6.07) is 9.41. The minimum Gasteiger partial charge on any atom is -0.495 e. The van der Waals surface area contributed by atoms with E-state index in [9.17, 15) is 0 Å². The first-order valence-electron chi connectivity index (χ1n) is 8.61. The molecule has 0 saturated heterocycles. The van der Waals surface area contributed by atoms with Gasteiger partial charge in [0.05, 0.1) is 17.6 Å². The molecule has 0 unspecified atom stereocenters. The van der Waals surface area contributed by atoms with Crippen LogP contribution < -0.4 is 4.74 Å². The van der Waals surface area contributed by atoms with E-state index < -0.39 is 8.07 Å². The van der Waals surface area contributed by atoms with Gasteiger partial charge in [-0.05, 0) is 34.8 Å². The van der Waals surface area contributed by atoms with Gasteiger partial charge in [-0.15, -0.1) is 5.54 Å². The Morgan fingerprint density at radius 1 is 1.04 bits per heavy atom. The van der Waals surface area contributed by atoms with Crippen molar-refractivity contribution in [2.24, 2.45) is 0 Å². The van der Waals surface area contributed by atoms with Gasteiger partial charge in [0.25, 0.3) is 0 Å². The van der Waals surface area contributed by atoms with Gasteiger partial charge in [-0.1, -0.05) is 53.1 Å². The number of aromatic nitrogens is 1. The number of rotatable bonds is 4. The monoisotopic (exact) mass is 361 g/mol. The van der Waals surface area contributed by atoms with Crippen molar-refractivity contribution in [1.82, 2.24) is 4.57 Å². The zero-order valence-corrected chi connectivity index (χ0v) is 17.5. The third kappa shape index (κ3) is 3.23. The molecule has 0 atom stereocenters. The lowest BCUT2D eigenvalue weighted by molar-refractivity contribution is 0.415. The lowest BCUT2D eigenvalue weighted by atomic mass is 10.2. The zero-order chi connectivity index (χ0) is 18.1. The Kier molecular flexibility index (Phi) is 5.73. The molecule has 4 heteroatoms. The number of benzene rings is 1. The molecule has 24 heavy (non-hydrogen) atoms. The highest BCUT2D eigenvalue weighted by molar-refractivity contribution is 6.90. The summed E-state index contributed by atoms with van der Waals surface area (Å²) in [6.07, 6.45) is 2.02. The predicted octanol–water partition coefficient (Wildman–Crippen LogP) is 6.33. The first-order chi connectivity index (χ1) is 11.2. The largest absolute Gasteiger partial charge is 0.495 e. The molecule has 1 aromatic carbocycles. The van der Waals surface area contributed by atoms with Crippen LogP contribution in [0.25, 0.3) is 10.9 Å². The Bertz CT molecular complexity index is 758. The van der Waals surface area contributed by atoms with Gasteiger partial charge in [0.15, 0.2) is 0 Å². The van der Waals surface area contributed by atoms with Crippen molar-refractivity contribution in [2.45, 2.75) is 58.2 Å². The zero-order valence-electron chi connectivity index (χ0n) is 15.8. The Hall–Kier alpha value is -1.37. The van der Waals surface area contributed by atoms with Gasteiger partial charge < -0.3 is 4.74 Å². The van der Waals surface area contributed by atoms with Crippen molar-refractivity contribution in [2.75, 3.05) is 7.11 Å². The second kappa shape index (κ2) is 7.25. The Labute approximate surface area is 152 Å². The van der Waals surface area contributed by atoms with Crippen LogP contribution in [0.3, 0.4) is 0 Å². The van der Waals surface area contributed by atoms with E-state index in [-0.39, 0.29) is 0 Å². The number of ether oxygens (including phenoxy) is 1. The third-order valence-electron chi connectivity index (χ3n) is 5.22. The second-order valence-corrected chi connectivity index (χ2v) is 13.4. The highest BCUT2D eigenvalue weighted by atomic mass is 35.5. The lowest BCUT2D eigenvalue weighted by Crippen LogP contribution is -2.43. The molecule has 1 heterocycles. The average Bonchev–Trinajstić information content (AvgIpc) is 2.88. The topological polar surface area (TPSA) is 14.2 Å². The van der Waals surface area contributed by atoms with E-state index in [1.165, 1.54) is 0 Å². The number of nitrogens with zero attached hydrogens (tertiary/aromatic N) is 1. The van der Waals surface area contributed by atoms with Crippen LogP contribution in [0.4, 0.5) is 0 Å². The van der Waals surface area contributed by atoms with Crippen molar-refractivity contribution < 1.29 is 4.74 Å². The van der Waals surface area contributed by atoms with Gasteiger partial charge >= 0.3 is 0 Å². The summed E-state index contributed by atoms with van der Waals surface area (Å²) < 4.78 is 7.31. The lowest BCUT2D eigenvalue weighted by Gasteiger charge is -2.37. The first kappa shape index (κ1) is 19.0. The summed E-state index contributed by atoms with van der Waals surface area (Å²) in [5.74, 6) is 0.699. The van der Waals surface area contributed by atoms with E-state index >= 15 is 0 Å². The minimum absolute atomic E-state index is 0.617.